The Hall–Kier alpha value is -3.06. The van der Waals surface area contributed by atoms with Gasteiger partial charge in [-0.15, -0.1) is 0 Å². The molecule has 36 heavy (non-hydrogen) atoms. The van der Waals surface area contributed by atoms with E-state index in [9.17, 15) is 19.2 Å². The minimum absolute atomic E-state index is 0.205. The Morgan fingerprint density at radius 3 is 2.50 bits per heavy atom. The predicted octanol–water partition coefficient (Wildman–Crippen LogP) is 3.71. The van der Waals surface area contributed by atoms with Crippen LogP contribution in [0.2, 0.25) is 0 Å². The van der Waals surface area contributed by atoms with E-state index in [1.807, 2.05) is 4.90 Å². The van der Waals surface area contributed by atoms with Crippen molar-refractivity contribution < 1.29 is 29.0 Å². The summed E-state index contributed by atoms with van der Waals surface area (Å²) in [5, 5.41) is 16.9. The molecule has 1 aliphatic rings. The summed E-state index contributed by atoms with van der Waals surface area (Å²) < 4.78 is 6.64. The number of carbonyl (C=O) groups excluding carboxylic acids is 3. The molecule has 2 aromatic rings. The SMILES string of the molecule is CC(C)(C)OC(=O)N[C@H]1CCN(c2cc(C(=O)NCC(=O)O)ccc2NC(=O)c2cc(Br)c(Br)[nH]2)C1. The summed E-state index contributed by atoms with van der Waals surface area (Å²) in [4.78, 5) is 53.2. The molecule has 2 heterocycles. The number of aromatic amines is 1. The zero-order valence-electron chi connectivity index (χ0n) is 19.9. The number of halogens is 2. The number of amides is 3. The van der Waals surface area contributed by atoms with Crippen LogP contribution in [0, 0.1) is 0 Å². The summed E-state index contributed by atoms with van der Waals surface area (Å²) in [6, 6.07) is 6.10. The molecule has 1 aliphatic heterocycles. The maximum absolute atomic E-state index is 12.9. The molecule has 0 unspecified atom stereocenters. The lowest BCUT2D eigenvalue weighted by Crippen LogP contribution is -2.40. The number of benzene rings is 1. The van der Waals surface area contributed by atoms with Crippen molar-refractivity contribution in [3.8, 4) is 0 Å². The van der Waals surface area contributed by atoms with Gasteiger partial charge in [0.05, 0.1) is 26.5 Å². The van der Waals surface area contributed by atoms with E-state index in [2.05, 4.69) is 52.8 Å². The number of rotatable bonds is 7. The molecule has 13 heteroatoms. The van der Waals surface area contributed by atoms with E-state index in [1.54, 1.807) is 39.0 Å². The van der Waals surface area contributed by atoms with E-state index in [0.29, 0.717) is 45.7 Å². The van der Waals surface area contributed by atoms with Crippen LogP contribution in [0.5, 0.6) is 0 Å². The Labute approximate surface area is 224 Å². The van der Waals surface area contributed by atoms with Gasteiger partial charge in [0.15, 0.2) is 0 Å². The zero-order chi connectivity index (χ0) is 26.6. The van der Waals surface area contributed by atoms with E-state index in [4.69, 9.17) is 9.84 Å². The van der Waals surface area contributed by atoms with Gasteiger partial charge in [0, 0.05) is 18.7 Å². The molecule has 194 valence electrons. The van der Waals surface area contributed by atoms with Gasteiger partial charge < -0.3 is 35.7 Å². The second-order valence-corrected chi connectivity index (χ2v) is 10.8. The largest absolute Gasteiger partial charge is 0.480 e. The highest BCUT2D eigenvalue weighted by Gasteiger charge is 2.28. The van der Waals surface area contributed by atoms with Crippen LogP contribution in [-0.4, -0.2) is 65.2 Å². The number of anilines is 2. The van der Waals surface area contributed by atoms with Gasteiger partial charge in [-0.2, -0.15) is 0 Å². The van der Waals surface area contributed by atoms with Gasteiger partial charge >= 0.3 is 12.1 Å². The van der Waals surface area contributed by atoms with E-state index in [-0.39, 0.29) is 11.6 Å². The summed E-state index contributed by atoms with van der Waals surface area (Å²) in [5.74, 6) is -2.11. The van der Waals surface area contributed by atoms with Gasteiger partial charge in [-0.25, -0.2) is 4.79 Å². The number of H-pyrrole nitrogens is 1. The third-order valence-corrected chi connectivity index (χ3v) is 6.91. The van der Waals surface area contributed by atoms with Crippen molar-refractivity contribution in [2.24, 2.45) is 0 Å². The minimum Gasteiger partial charge on any atom is -0.480 e. The number of hydrogen-bond acceptors (Lipinski definition) is 6. The lowest BCUT2D eigenvalue weighted by Gasteiger charge is -2.24. The first kappa shape index (κ1) is 27.5. The summed E-state index contributed by atoms with van der Waals surface area (Å²) in [6.45, 7) is 5.79. The molecule has 1 aromatic carbocycles. The fourth-order valence-electron chi connectivity index (χ4n) is 3.59. The van der Waals surface area contributed by atoms with Gasteiger partial charge in [-0.05, 0) is 83.3 Å². The number of carboxylic acid groups (broad SMARTS) is 1. The first-order valence-corrected chi connectivity index (χ1v) is 12.6. The fourth-order valence-corrected chi connectivity index (χ4v) is 4.24. The highest BCUT2D eigenvalue weighted by Crippen LogP contribution is 2.31. The van der Waals surface area contributed by atoms with Crippen LogP contribution in [0.15, 0.2) is 33.3 Å². The number of aromatic nitrogens is 1. The van der Waals surface area contributed by atoms with Gasteiger partial charge in [-0.3, -0.25) is 14.4 Å². The molecule has 0 bridgehead atoms. The van der Waals surface area contributed by atoms with Crippen molar-refractivity contribution in [2.45, 2.75) is 38.8 Å². The molecule has 0 spiro atoms. The van der Waals surface area contributed by atoms with Crippen molar-refractivity contribution >= 4 is 67.1 Å². The van der Waals surface area contributed by atoms with E-state index < -0.39 is 36.0 Å². The third kappa shape index (κ3) is 7.47. The van der Waals surface area contributed by atoms with Crippen LogP contribution in [-0.2, 0) is 9.53 Å². The Bertz CT molecular complexity index is 1160. The van der Waals surface area contributed by atoms with Crippen LogP contribution in [0.1, 0.15) is 48.0 Å². The number of nitrogens with zero attached hydrogens (tertiary/aromatic N) is 1. The van der Waals surface area contributed by atoms with Crippen LogP contribution in [0.3, 0.4) is 0 Å². The van der Waals surface area contributed by atoms with Crippen LogP contribution in [0.4, 0.5) is 16.2 Å². The summed E-state index contributed by atoms with van der Waals surface area (Å²) >= 11 is 6.65. The Kier molecular flexibility index (Phi) is 8.67. The molecular weight excluding hydrogens is 602 g/mol. The number of ether oxygens (including phenoxy) is 1. The number of carboxylic acids is 1. The normalized spacial score (nSPS) is 15.4. The minimum atomic E-state index is -1.16. The molecule has 11 nitrogen and oxygen atoms in total. The average molecular weight is 629 g/mol. The highest BCUT2D eigenvalue weighted by atomic mass is 79.9. The molecule has 1 fully saturated rings. The van der Waals surface area contributed by atoms with Crippen LogP contribution < -0.4 is 20.9 Å². The number of nitrogens with one attached hydrogen (secondary N) is 4. The lowest BCUT2D eigenvalue weighted by atomic mass is 10.1. The van der Waals surface area contributed by atoms with Crippen molar-refractivity contribution in [3.05, 3.63) is 44.6 Å². The van der Waals surface area contributed by atoms with Crippen molar-refractivity contribution in [1.29, 1.82) is 0 Å². The Morgan fingerprint density at radius 1 is 1.17 bits per heavy atom. The standard InChI is InChI=1S/C23H27Br2N5O6/c1-23(2,3)36-22(35)27-13-6-7-30(11-13)17-8-12(20(33)26-10-18(31)32)4-5-15(17)29-21(34)16-9-14(24)19(25)28-16/h4-5,8-9,13,28H,6-7,10-11H2,1-3H3,(H,26,33)(H,27,35)(H,29,34)(H,31,32)/t13-/m0/s1. The lowest BCUT2D eigenvalue weighted by molar-refractivity contribution is -0.135. The van der Waals surface area contributed by atoms with E-state index in [1.165, 1.54) is 6.07 Å². The molecule has 1 aromatic heterocycles. The second kappa shape index (κ2) is 11.3. The molecule has 1 atom stereocenters. The summed E-state index contributed by atoms with van der Waals surface area (Å²) in [6.07, 6.45) is 0.103. The number of hydrogen-bond donors (Lipinski definition) is 5. The fraction of sp³-hybridized carbons (Fsp3) is 0.391. The average Bonchev–Trinajstić information content (AvgIpc) is 3.37. The first-order valence-electron chi connectivity index (χ1n) is 11.1. The monoisotopic (exact) mass is 627 g/mol. The van der Waals surface area contributed by atoms with Gasteiger partial charge in [0.2, 0.25) is 0 Å². The van der Waals surface area contributed by atoms with E-state index in [0.717, 1.165) is 0 Å². The van der Waals surface area contributed by atoms with Crippen molar-refractivity contribution in [2.75, 3.05) is 29.9 Å². The third-order valence-electron chi connectivity index (χ3n) is 5.13. The zero-order valence-corrected chi connectivity index (χ0v) is 23.1. The molecule has 0 saturated carbocycles. The number of alkyl carbamates (subject to hydrolysis) is 1. The number of aliphatic carboxylic acids is 1. The molecule has 5 N–H and O–H groups in total. The van der Waals surface area contributed by atoms with Gasteiger partial charge in [0.1, 0.15) is 17.8 Å². The van der Waals surface area contributed by atoms with E-state index >= 15 is 0 Å². The smallest absolute Gasteiger partial charge is 0.407 e. The van der Waals surface area contributed by atoms with Crippen molar-refractivity contribution in [3.63, 3.8) is 0 Å². The number of carbonyl (C=O) groups is 4. The molecule has 3 amide bonds. The van der Waals surface area contributed by atoms with Crippen LogP contribution >= 0.6 is 31.9 Å². The Morgan fingerprint density at radius 2 is 1.89 bits per heavy atom. The maximum atomic E-state index is 12.9. The van der Waals surface area contributed by atoms with Gasteiger partial charge in [-0.1, -0.05) is 0 Å². The highest BCUT2D eigenvalue weighted by molar-refractivity contribution is 9.13. The topological polar surface area (TPSA) is 153 Å². The van der Waals surface area contributed by atoms with Crippen molar-refractivity contribution in [1.82, 2.24) is 15.6 Å². The van der Waals surface area contributed by atoms with Crippen LogP contribution in [0.25, 0.3) is 0 Å². The Balaban J connectivity index is 1.82. The summed E-state index contributed by atoms with van der Waals surface area (Å²) in [5.41, 5.74) is 0.935. The molecule has 0 aliphatic carbocycles. The molecule has 1 saturated heterocycles. The maximum Gasteiger partial charge on any atom is 0.407 e. The second-order valence-electron chi connectivity index (χ2n) is 9.19. The van der Waals surface area contributed by atoms with Gasteiger partial charge in [0.25, 0.3) is 11.8 Å². The quantitative estimate of drug-likeness (QED) is 0.313. The predicted molar refractivity (Wildman–Crippen MR) is 141 cm³/mol. The first-order chi connectivity index (χ1) is 16.8. The molecule has 0 radical (unpaired) electrons. The summed E-state index contributed by atoms with van der Waals surface area (Å²) in [7, 11) is 0. The molecule has 3 rings (SSSR count). The molecular formula is C23H27Br2N5O6.